The monoisotopic (exact) mass is 402 g/mol. The number of carboxylic acid groups (broad SMARTS) is 1. The number of sulfonamides is 1. The van der Waals surface area contributed by atoms with Gasteiger partial charge in [-0.05, 0) is 62.1 Å². The molecule has 2 atom stereocenters. The molecule has 0 saturated carbocycles. The first-order valence-corrected chi connectivity index (χ1v) is 10.3. The lowest BCUT2D eigenvalue weighted by Gasteiger charge is -2.39. The second-order valence-corrected chi connectivity index (χ2v) is 8.90. The van der Waals surface area contributed by atoms with Crippen molar-refractivity contribution in [2.75, 3.05) is 4.31 Å². The minimum absolute atomic E-state index is 0.0518. The van der Waals surface area contributed by atoms with E-state index in [0.29, 0.717) is 22.4 Å². The van der Waals surface area contributed by atoms with Crippen LogP contribution in [0.4, 0.5) is 5.69 Å². The molecule has 3 rings (SSSR count). The number of rotatable bonds is 4. The van der Waals surface area contributed by atoms with Gasteiger partial charge in [-0.2, -0.15) is 0 Å². The standard InChI is InChI=1S/C20H22N2O5S/c1-11-8-14(20(24)25)10-18(13(11)3)28(26,27)22-12(2)9-16(19(21)23)15-6-4-5-7-17(15)22/h4-8,10,12,16H,9H2,1-3H3,(H2,21,23)(H,24,25). The van der Waals surface area contributed by atoms with Gasteiger partial charge in [0.1, 0.15) is 0 Å². The maximum absolute atomic E-state index is 13.6. The van der Waals surface area contributed by atoms with Crippen molar-refractivity contribution in [3.63, 3.8) is 0 Å². The van der Waals surface area contributed by atoms with Gasteiger partial charge in [-0.25, -0.2) is 13.2 Å². The molecule has 28 heavy (non-hydrogen) atoms. The van der Waals surface area contributed by atoms with E-state index in [9.17, 15) is 23.1 Å². The average Bonchev–Trinajstić information content (AvgIpc) is 2.62. The number of para-hydroxylation sites is 1. The van der Waals surface area contributed by atoms with Crippen LogP contribution in [-0.4, -0.2) is 31.4 Å². The number of nitrogens with zero attached hydrogens (tertiary/aromatic N) is 1. The van der Waals surface area contributed by atoms with Crippen molar-refractivity contribution in [1.82, 2.24) is 0 Å². The molecule has 1 amide bonds. The topological polar surface area (TPSA) is 118 Å². The van der Waals surface area contributed by atoms with Gasteiger partial charge in [-0.3, -0.25) is 9.10 Å². The number of aryl methyl sites for hydroxylation is 1. The second-order valence-electron chi connectivity index (χ2n) is 7.12. The fourth-order valence-corrected chi connectivity index (χ4v) is 5.77. The molecule has 0 saturated heterocycles. The normalized spacial score (nSPS) is 19.2. The van der Waals surface area contributed by atoms with Crippen LogP contribution in [0.5, 0.6) is 0 Å². The van der Waals surface area contributed by atoms with Crippen molar-refractivity contribution in [2.24, 2.45) is 5.73 Å². The molecule has 3 N–H and O–H groups in total. The van der Waals surface area contributed by atoms with E-state index in [4.69, 9.17) is 5.73 Å². The van der Waals surface area contributed by atoms with Crippen molar-refractivity contribution in [2.45, 2.75) is 44.0 Å². The first kappa shape index (κ1) is 19.9. The quantitative estimate of drug-likeness (QED) is 0.815. The Kier molecular flexibility index (Phi) is 4.93. The number of hydrogen-bond donors (Lipinski definition) is 2. The van der Waals surface area contributed by atoms with Crippen molar-refractivity contribution in [3.05, 3.63) is 58.7 Å². The molecule has 0 aliphatic carbocycles. The van der Waals surface area contributed by atoms with Gasteiger partial charge in [-0.15, -0.1) is 0 Å². The number of hydrogen-bond acceptors (Lipinski definition) is 4. The van der Waals surface area contributed by atoms with Crippen molar-refractivity contribution >= 4 is 27.6 Å². The molecule has 148 valence electrons. The largest absolute Gasteiger partial charge is 0.478 e. The molecule has 7 nitrogen and oxygen atoms in total. The first-order valence-electron chi connectivity index (χ1n) is 8.83. The van der Waals surface area contributed by atoms with Crippen molar-refractivity contribution in [3.8, 4) is 0 Å². The number of nitrogens with two attached hydrogens (primary N) is 1. The maximum atomic E-state index is 13.6. The average molecular weight is 402 g/mol. The predicted molar refractivity (Wildman–Crippen MR) is 105 cm³/mol. The molecule has 1 aliphatic rings. The Morgan fingerprint density at radius 1 is 1.18 bits per heavy atom. The van der Waals surface area contributed by atoms with E-state index in [2.05, 4.69) is 0 Å². The number of fused-ring (bicyclic) bond motifs is 1. The molecular weight excluding hydrogens is 380 g/mol. The van der Waals surface area contributed by atoms with E-state index >= 15 is 0 Å². The third-order valence-corrected chi connectivity index (χ3v) is 7.33. The molecule has 0 spiro atoms. The number of carbonyl (C=O) groups is 2. The van der Waals surface area contributed by atoms with E-state index in [1.54, 1.807) is 45.0 Å². The highest BCUT2D eigenvalue weighted by Gasteiger charge is 2.40. The highest BCUT2D eigenvalue weighted by molar-refractivity contribution is 7.93. The maximum Gasteiger partial charge on any atom is 0.335 e. The number of primary amides is 1. The molecule has 0 fully saturated rings. The Balaban J connectivity index is 2.24. The minimum Gasteiger partial charge on any atom is -0.478 e. The fourth-order valence-electron chi connectivity index (χ4n) is 3.74. The van der Waals surface area contributed by atoms with E-state index in [1.807, 2.05) is 0 Å². The van der Waals surface area contributed by atoms with Crippen molar-refractivity contribution in [1.29, 1.82) is 0 Å². The van der Waals surface area contributed by atoms with Crippen LogP contribution >= 0.6 is 0 Å². The fraction of sp³-hybridized carbons (Fsp3) is 0.300. The molecule has 1 aliphatic heterocycles. The Hall–Kier alpha value is -2.87. The van der Waals surface area contributed by atoms with E-state index < -0.39 is 33.9 Å². The molecule has 2 aromatic rings. The summed E-state index contributed by atoms with van der Waals surface area (Å²) in [6, 6.07) is 8.89. The number of anilines is 1. The summed E-state index contributed by atoms with van der Waals surface area (Å²) >= 11 is 0. The van der Waals surface area contributed by atoms with Crippen LogP contribution < -0.4 is 10.0 Å². The van der Waals surface area contributed by atoms with Crippen LogP contribution in [0.3, 0.4) is 0 Å². The number of amides is 1. The van der Waals surface area contributed by atoms with Gasteiger partial charge in [0.05, 0.1) is 22.1 Å². The smallest absolute Gasteiger partial charge is 0.335 e. The summed E-state index contributed by atoms with van der Waals surface area (Å²) in [7, 11) is -4.07. The van der Waals surface area contributed by atoms with E-state index in [1.165, 1.54) is 16.4 Å². The molecular formula is C20H22N2O5S. The van der Waals surface area contributed by atoms with Gasteiger partial charge >= 0.3 is 5.97 Å². The Labute approximate surface area is 163 Å². The number of carbonyl (C=O) groups excluding carboxylic acids is 1. The van der Waals surface area contributed by atoms with Crippen molar-refractivity contribution < 1.29 is 23.1 Å². The second kappa shape index (κ2) is 6.94. The van der Waals surface area contributed by atoms with Gasteiger partial charge in [0.15, 0.2) is 0 Å². The van der Waals surface area contributed by atoms with Gasteiger partial charge in [0.2, 0.25) is 5.91 Å². The van der Waals surface area contributed by atoms with E-state index in [0.717, 1.165) is 0 Å². The highest BCUT2D eigenvalue weighted by Crippen LogP contribution is 2.41. The summed E-state index contributed by atoms with van der Waals surface area (Å²) in [5.41, 5.74) is 7.46. The van der Waals surface area contributed by atoms with Crippen LogP contribution in [0.25, 0.3) is 0 Å². The Morgan fingerprint density at radius 3 is 2.43 bits per heavy atom. The summed E-state index contributed by atoms with van der Waals surface area (Å²) in [5.74, 6) is -2.28. The molecule has 0 radical (unpaired) electrons. The summed E-state index contributed by atoms with van der Waals surface area (Å²) in [4.78, 5) is 23.3. The van der Waals surface area contributed by atoms with Crippen LogP contribution in [-0.2, 0) is 14.8 Å². The van der Waals surface area contributed by atoms with E-state index in [-0.39, 0.29) is 16.9 Å². The summed E-state index contributed by atoms with van der Waals surface area (Å²) in [6.45, 7) is 5.05. The van der Waals surface area contributed by atoms with Gasteiger partial charge in [-0.1, -0.05) is 18.2 Å². The third-order valence-electron chi connectivity index (χ3n) is 5.27. The zero-order valence-corrected chi connectivity index (χ0v) is 16.7. The molecule has 2 aromatic carbocycles. The molecule has 1 heterocycles. The zero-order valence-electron chi connectivity index (χ0n) is 15.8. The summed E-state index contributed by atoms with van der Waals surface area (Å²) < 4.78 is 28.5. The van der Waals surface area contributed by atoms with Crippen LogP contribution in [0.15, 0.2) is 41.3 Å². The first-order chi connectivity index (χ1) is 13.1. The predicted octanol–water partition coefficient (Wildman–Crippen LogP) is 2.56. The highest BCUT2D eigenvalue weighted by atomic mass is 32.2. The Morgan fingerprint density at radius 2 is 1.82 bits per heavy atom. The number of carboxylic acids is 1. The van der Waals surface area contributed by atoms with Gasteiger partial charge in [0.25, 0.3) is 10.0 Å². The SMILES string of the molecule is Cc1cc(C(=O)O)cc(S(=O)(=O)N2c3ccccc3C(C(N)=O)CC2C)c1C. The number of benzene rings is 2. The van der Waals surface area contributed by atoms with Gasteiger partial charge < -0.3 is 10.8 Å². The third kappa shape index (κ3) is 3.13. The van der Waals surface area contributed by atoms with Gasteiger partial charge in [0, 0.05) is 6.04 Å². The lowest BCUT2D eigenvalue weighted by molar-refractivity contribution is -0.119. The minimum atomic E-state index is -4.07. The van der Waals surface area contributed by atoms with Crippen LogP contribution in [0.1, 0.15) is 46.3 Å². The van der Waals surface area contributed by atoms with Crippen LogP contribution in [0.2, 0.25) is 0 Å². The lowest BCUT2D eigenvalue weighted by atomic mass is 9.87. The Bertz CT molecular complexity index is 1080. The molecule has 0 bridgehead atoms. The number of aromatic carboxylic acids is 1. The van der Waals surface area contributed by atoms with Crippen LogP contribution in [0, 0.1) is 13.8 Å². The molecule has 2 unspecified atom stereocenters. The summed E-state index contributed by atoms with van der Waals surface area (Å²) in [5, 5.41) is 9.35. The molecule has 0 aromatic heterocycles. The summed E-state index contributed by atoms with van der Waals surface area (Å²) in [6.07, 6.45) is 0.252. The molecule has 8 heteroatoms. The lowest BCUT2D eigenvalue weighted by Crippen LogP contribution is -2.45. The zero-order chi connectivity index (χ0) is 20.8.